The highest BCUT2D eigenvalue weighted by Crippen LogP contribution is 2.39. The molecule has 0 radical (unpaired) electrons. The van der Waals surface area contributed by atoms with Crippen molar-refractivity contribution in [2.45, 2.75) is 31.7 Å². The molecule has 1 aliphatic rings. The highest BCUT2D eigenvalue weighted by molar-refractivity contribution is 5.87. The molecule has 0 bridgehead atoms. The zero-order valence-electron chi connectivity index (χ0n) is 20.7. The molecule has 36 heavy (non-hydrogen) atoms. The van der Waals surface area contributed by atoms with Gasteiger partial charge in [-0.05, 0) is 59.9 Å². The van der Waals surface area contributed by atoms with E-state index in [1.165, 1.54) is 12.1 Å². The predicted octanol–water partition coefficient (Wildman–Crippen LogP) is 5.99. The first-order valence-corrected chi connectivity index (χ1v) is 12.4. The van der Waals surface area contributed by atoms with E-state index in [2.05, 4.69) is 22.9 Å². The lowest BCUT2D eigenvalue weighted by molar-refractivity contribution is -0.130. The summed E-state index contributed by atoms with van der Waals surface area (Å²) < 4.78 is 26.7. The van der Waals surface area contributed by atoms with Crippen molar-refractivity contribution in [3.63, 3.8) is 0 Å². The number of aromatic nitrogens is 1. The first-order chi connectivity index (χ1) is 17.6. The third kappa shape index (κ3) is 4.81. The number of amides is 1. The number of rotatable bonds is 8. The molecule has 2 heterocycles. The minimum atomic E-state index is -0.245. The van der Waals surface area contributed by atoms with Gasteiger partial charge in [0.05, 0.1) is 14.2 Å². The summed E-state index contributed by atoms with van der Waals surface area (Å²) in [6.45, 7) is 2.26. The van der Waals surface area contributed by atoms with Crippen LogP contribution in [-0.4, -0.2) is 42.7 Å². The Morgan fingerprint density at radius 1 is 0.944 bits per heavy atom. The van der Waals surface area contributed by atoms with Crippen LogP contribution < -0.4 is 9.47 Å². The van der Waals surface area contributed by atoms with Crippen LogP contribution in [0.4, 0.5) is 4.39 Å². The predicted molar refractivity (Wildman–Crippen MR) is 139 cm³/mol. The second-order valence-electron chi connectivity index (χ2n) is 9.31. The van der Waals surface area contributed by atoms with Crippen LogP contribution in [0.2, 0.25) is 0 Å². The van der Waals surface area contributed by atoms with Crippen LogP contribution in [0.15, 0.2) is 72.9 Å². The van der Waals surface area contributed by atoms with Crippen molar-refractivity contribution in [3.8, 4) is 11.5 Å². The molecule has 0 spiro atoms. The Bertz CT molecular complexity index is 1360. The fourth-order valence-electron chi connectivity index (χ4n) is 5.22. The molecular weight excluding hydrogens is 455 g/mol. The van der Waals surface area contributed by atoms with Gasteiger partial charge in [0, 0.05) is 49.1 Å². The minimum absolute atomic E-state index is 0.155. The number of para-hydroxylation sites is 1. The van der Waals surface area contributed by atoms with E-state index in [4.69, 9.17) is 9.47 Å². The number of nitrogens with zero attached hydrogens (tertiary/aromatic N) is 2. The molecule has 4 aromatic rings. The molecule has 3 aromatic carbocycles. The van der Waals surface area contributed by atoms with E-state index in [0.717, 1.165) is 53.5 Å². The molecule has 1 amide bonds. The number of carbonyl (C=O) groups excluding carboxylic acids is 1. The minimum Gasteiger partial charge on any atom is -0.493 e. The lowest BCUT2D eigenvalue weighted by Gasteiger charge is -2.22. The summed E-state index contributed by atoms with van der Waals surface area (Å²) in [5.74, 6) is 1.07. The number of benzene rings is 3. The van der Waals surface area contributed by atoms with Gasteiger partial charge in [0.25, 0.3) is 0 Å². The summed E-state index contributed by atoms with van der Waals surface area (Å²) >= 11 is 0. The molecule has 5 rings (SSSR count). The fourth-order valence-corrected chi connectivity index (χ4v) is 5.22. The number of methoxy groups -OCH3 is 2. The standard InChI is InChI=1S/C30H31FN2O3/c1-35-28-14-11-22(17-29(28)36-2)25(18-30(34)32-15-5-6-16-32)26-20-33(27-8-4-3-7-24(26)27)19-21-9-12-23(31)13-10-21/h3-4,7-14,17,20,25H,5-6,15-16,18-19H2,1-2H3/t25-/m1/s1. The highest BCUT2D eigenvalue weighted by atomic mass is 19.1. The van der Waals surface area contributed by atoms with Crippen molar-refractivity contribution in [2.75, 3.05) is 27.3 Å². The Morgan fingerprint density at radius 2 is 1.67 bits per heavy atom. The average molecular weight is 487 g/mol. The van der Waals surface area contributed by atoms with Gasteiger partial charge in [0.1, 0.15) is 5.82 Å². The normalized spacial score (nSPS) is 14.2. The molecule has 0 aliphatic carbocycles. The Morgan fingerprint density at radius 3 is 2.39 bits per heavy atom. The van der Waals surface area contributed by atoms with E-state index in [1.54, 1.807) is 14.2 Å². The third-order valence-corrected chi connectivity index (χ3v) is 7.11. The van der Waals surface area contributed by atoms with Gasteiger partial charge in [-0.3, -0.25) is 4.79 Å². The molecule has 0 N–H and O–H groups in total. The van der Waals surface area contributed by atoms with Crippen molar-refractivity contribution in [3.05, 3.63) is 95.4 Å². The van der Waals surface area contributed by atoms with E-state index in [9.17, 15) is 9.18 Å². The molecular formula is C30H31FN2O3. The fraction of sp³-hybridized carbons (Fsp3) is 0.300. The topological polar surface area (TPSA) is 43.7 Å². The third-order valence-electron chi connectivity index (χ3n) is 7.11. The van der Waals surface area contributed by atoms with Crippen LogP contribution in [0, 0.1) is 5.82 Å². The van der Waals surface area contributed by atoms with Gasteiger partial charge in [0.2, 0.25) is 5.91 Å². The smallest absolute Gasteiger partial charge is 0.223 e. The maximum Gasteiger partial charge on any atom is 0.223 e. The zero-order chi connectivity index (χ0) is 25.1. The van der Waals surface area contributed by atoms with Gasteiger partial charge < -0.3 is 18.9 Å². The van der Waals surface area contributed by atoms with Gasteiger partial charge in [-0.15, -0.1) is 0 Å². The molecule has 1 saturated heterocycles. The van der Waals surface area contributed by atoms with E-state index in [1.807, 2.05) is 47.4 Å². The molecule has 1 aliphatic heterocycles. The van der Waals surface area contributed by atoms with E-state index in [0.29, 0.717) is 24.5 Å². The summed E-state index contributed by atoms with van der Waals surface area (Å²) in [7, 11) is 3.25. The largest absolute Gasteiger partial charge is 0.493 e. The van der Waals surface area contributed by atoms with E-state index in [-0.39, 0.29) is 17.6 Å². The van der Waals surface area contributed by atoms with Crippen LogP contribution in [-0.2, 0) is 11.3 Å². The molecule has 1 aromatic heterocycles. The average Bonchev–Trinajstić information content (AvgIpc) is 3.57. The molecule has 0 unspecified atom stereocenters. The lowest BCUT2D eigenvalue weighted by atomic mass is 9.87. The van der Waals surface area contributed by atoms with Crippen LogP contribution in [0.3, 0.4) is 0 Å². The van der Waals surface area contributed by atoms with E-state index >= 15 is 0 Å². The van der Waals surface area contributed by atoms with Gasteiger partial charge in [0.15, 0.2) is 11.5 Å². The Hall–Kier alpha value is -3.80. The highest BCUT2D eigenvalue weighted by Gasteiger charge is 2.27. The molecule has 186 valence electrons. The second-order valence-corrected chi connectivity index (χ2v) is 9.31. The quantitative estimate of drug-likeness (QED) is 0.307. The Kier molecular flexibility index (Phi) is 6.94. The van der Waals surface area contributed by atoms with Crippen molar-refractivity contribution >= 4 is 16.8 Å². The van der Waals surface area contributed by atoms with Gasteiger partial charge in [-0.25, -0.2) is 4.39 Å². The second kappa shape index (κ2) is 10.4. The summed E-state index contributed by atoms with van der Waals surface area (Å²) in [6.07, 6.45) is 4.64. The number of carbonyl (C=O) groups is 1. The SMILES string of the molecule is COc1ccc([C@@H](CC(=O)N2CCCC2)c2cn(Cc3ccc(F)cc3)c3ccccc23)cc1OC. The lowest BCUT2D eigenvalue weighted by Crippen LogP contribution is -2.29. The van der Waals surface area contributed by atoms with Gasteiger partial charge in [-0.2, -0.15) is 0 Å². The number of fused-ring (bicyclic) bond motifs is 1. The van der Waals surface area contributed by atoms with Crippen LogP contribution >= 0.6 is 0 Å². The van der Waals surface area contributed by atoms with Gasteiger partial charge >= 0.3 is 0 Å². The van der Waals surface area contributed by atoms with Crippen molar-refractivity contribution in [1.82, 2.24) is 9.47 Å². The van der Waals surface area contributed by atoms with Crippen LogP contribution in [0.5, 0.6) is 11.5 Å². The molecule has 0 saturated carbocycles. The molecule has 5 nitrogen and oxygen atoms in total. The zero-order valence-corrected chi connectivity index (χ0v) is 20.7. The van der Waals surface area contributed by atoms with Crippen LogP contribution in [0.25, 0.3) is 10.9 Å². The van der Waals surface area contributed by atoms with Gasteiger partial charge in [-0.1, -0.05) is 36.4 Å². The Labute approximate surface area is 211 Å². The number of hydrogen-bond donors (Lipinski definition) is 0. The molecule has 1 atom stereocenters. The monoisotopic (exact) mass is 486 g/mol. The first kappa shape index (κ1) is 23.9. The summed E-state index contributed by atoms with van der Waals surface area (Å²) in [4.78, 5) is 15.4. The molecule has 1 fully saturated rings. The molecule has 6 heteroatoms. The summed E-state index contributed by atoms with van der Waals surface area (Å²) in [6, 6.07) is 20.8. The van der Waals surface area contributed by atoms with Crippen molar-refractivity contribution in [2.24, 2.45) is 0 Å². The van der Waals surface area contributed by atoms with Crippen molar-refractivity contribution < 1.29 is 18.7 Å². The Balaban J connectivity index is 1.59. The van der Waals surface area contributed by atoms with Crippen molar-refractivity contribution in [1.29, 1.82) is 0 Å². The first-order valence-electron chi connectivity index (χ1n) is 12.4. The maximum atomic E-state index is 13.5. The maximum absolute atomic E-state index is 13.5. The van der Waals surface area contributed by atoms with Crippen LogP contribution in [0.1, 0.15) is 41.9 Å². The number of ether oxygens (including phenoxy) is 2. The number of halogens is 1. The number of hydrogen-bond acceptors (Lipinski definition) is 3. The summed E-state index contributed by atoms with van der Waals surface area (Å²) in [5, 5.41) is 1.11. The summed E-state index contributed by atoms with van der Waals surface area (Å²) in [5.41, 5.74) is 4.19. The van der Waals surface area contributed by atoms with E-state index < -0.39 is 0 Å². The number of likely N-dealkylation sites (tertiary alicyclic amines) is 1.